The van der Waals surface area contributed by atoms with Gasteiger partial charge in [0.1, 0.15) is 17.9 Å². The summed E-state index contributed by atoms with van der Waals surface area (Å²) in [6.07, 6.45) is 1.09. The van der Waals surface area contributed by atoms with Crippen LogP contribution >= 0.6 is 0 Å². The Morgan fingerprint density at radius 3 is 2.65 bits per heavy atom. The lowest BCUT2D eigenvalue weighted by molar-refractivity contribution is -0.386. The van der Waals surface area contributed by atoms with E-state index in [9.17, 15) is 14.9 Å². The second kappa shape index (κ2) is 4.13. The Kier molecular flexibility index (Phi) is 3.18. The molecule has 17 heavy (non-hydrogen) atoms. The number of aliphatic carboxylic acids is 1. The number of hydrogen-bond acceptors (Lipinski definition) is 5. The molecule has 1 aromatic heterocycles. The Bertz CT molecular complexity index is 466. The van der Waals surface area contributed by atoms with Crippen molar-refractivity contribution in [3.05, 3.63) is 22.0 Å². The molecule has 0 amide bonds. The minimum atomic E-state index is -1.25. The minimum absolute atomic E-state index is 0.192. The molecule has 0 saturated carbocycles. The van der Waals surface area contributed by atoms with Gasteiger partial charge in [-0.25, -0.2) is 0 Å². The van der Waals surface area contributed by atoms with Crippen LogP contribution in [0.15, 0.2) is 6.20 Å². The highest BCUT2D eigenvalue weighted by Gasteiger charge is 2.41. The first-order chi connectivity index (χ1) is 7.69. The SMILES string of the molecule is Cn1ncc([N+](=O)[O-])c1C(C)(C)C(N)C(=O)O. The van der Waals surface area contributed by atoms with Crippen molar-refractivity contribution in [1.29, 1.82) is 0 Å². The van der Waals surface area contributed by atoms with E-state index in [0.29, 0.717) is 0 Å². The number of nitro groups is 1. The van der Waals surface area contributed by atoms with Gasteiger partial charge in [-0.3, -0.25) is 19.6 Å². The van der Waals surface area contributed by atoms with Gasteiger partial charge < -0.3 is 10.8 Å². The van der Waals surface area contributed by atoms with Crippen LogP contribution in [0.4, 0.5) is 5.69 Å². The fourth-order valence-electron chi connectivity index (χ4n) is 1.76. The third kappa shape index (κ3) is 2.11. The summed E-state index contributed by atoms with van der Waals surface area (Å²) < 4.78 is 1.28. The largest absolute Gasteiger partial charge is 0.480 e. The van der Waals surface area contributed by atoms with Crippen molar-refractivity contribution in [3.8, 4) is 0 Å². The van der Waals surface area contributed by atoms with Crippen LogP contribution < -0.4 is 5.73 Å². The molecule has 0 spiro atoms. The molecule has 0 aliphatic carbocycles. The summed E-state index contributed by atoms with van der Waals surface area (Å²) in [6.45, 7) is 3.08. The van der Waals surface area contributed by atoms with Crippen molar-refractivity contribution in [2.75, 3.05) is 0 Å². The summed E-state index contributed by atoms with van der Waals surface area (Å²) in [6, 6.07) is -1.25. The summed E-state index contributed by atoms with van der Waals surface area (Å²) >= 11 is 0. The zero-order chi connectivity index (χ0) is 13.4. The quantitative estimate of drug-likeness (QED) is 0.566. The van der Waals surface area contributed by atoms with Crippen LogP contribution in [0.5, 0.6) is 0 Å². The number of carbonyl (C=O) groups is 1. The predicted octanol–water partition coefficient (Wildman–Crippen LogP) is 0.0178. The Morgan fingerprint density at radius 1 is 1.71 bits per heavy atom. The topological polar surface area (TPSA) is 124 Å². The average Bonchev–Trinajstić information content (AvgIpc) is 2.59. The second-order valence-electron chi connectivity index (χ2n) is 4.30. The van der Waals surface area contributed by atoms with E-state index in [2.05, 4.69) is 5.10 Å². The molecule has 3 N–H and O–H groups in total. The number of nitrogens with zero attached hydrogens (tertiary/aromatic N) is 3. The molecular weight excluding hydrogens is 228 g/mol. The number of carboxylic acid groups (broad SMARTS) is 1. The first kappa shape index (κ1) is 13.1. The van der Waals surface area contributed by atoms with Gasteiger partial charge in [-0.2, -0.15) is 5.10 Å². The van der Waals surface area contributed by atoms with Crippen LogP contribution in [0.25, 0.3) is 0 Å². The zero-order valence-corrected chi connectivity index (χ0v) is 9.75. The maximum absolute atomic E-state index is 10.9. The van der Waals surface area contributed by atoms with Crippen LogP contribution in [0.2, 0.25) is 0 Å². The van der Waals surface area contributed by atoms with Gasteiger partial charge in [0.25, 0.3) is 0 Å². The molecule has 0 aliphatic heterocycles. The van der Waals surface area contributed by atoms with Gasteiger partial charge in [0, 0.05) is 12.5 Å². The van der Waals surface area contributed by atoms with Crippen LogP contribution in [0.3, 0.4) is 0 Å². The van der Waals surface area contributed by atoms with Gasteiger partial charge in [0.05, 0.1) is 4.92 Å². The van der Waals surface area contributed by atoms with Gasteiger partial charge in [-0.05, 0) is 0 Å². The van der Waals surface area contributed by atoms with E-state index in [1.165, 1.54) is 25.6 Å². The lowest BCUT2D eigenvalue weighted by Gasteiger charge is -2.27. The first-order valence-corrected chi connectivity index (χ1v) is 4.84. The molecule has 8 heteroatoms. The molecule has 1 unspecified atom stereocenters. The van der Waals surface area contributed by atoms with Gasteiger partial charge in [0.15, 0.2) is 0 Å². The van der Waals surface area contributed by atoms with Crippen molar-refractivity contribution in [3.63, 3.8) is 0 Å². The molecule has 94 valence electrons. The summed E-state index contributed by atoms with van der Waals surface area (Å²) in [4.78, 5) is 21.1. The van der Waals surface area contributed by atoms with E-state index >= 15 is 0 Å². The van der Waals surface area contributed by atoms with Crippen molar-refractivity contribution in [2.24, 2.45) is 12.8 Å². The van der Waals surface area contributed by atoms with Gasteiger partial charge in [-0.1, -0.05) is 13.8 Å². The number of aromatic nitrogens is 2. The molecule has 0 fully saturated rings. The molecular formula is C9H14N4O4. The number of aryl methyl sites for hydroxylation is 1. The number of rotatable bonds is 4. The highest BCUT2D eigenvalue weighted by Crippen LogP contribution is 2.32. The van der Waals surface area contributed by atoms with Crippen LogP contribution in [-0.2, 0) is 17.3 Å². The minimum Gasteiger partial charge on any atom is -0.480 e. The molecule has 8 nitrogen and oxygen atoms in total. The first-order valence-electron chi connectivity index (χ1n) is 4.84. The number of nitrogens with two attached hydrogens (primary N) is 1. The second-order valence-corrected chi connectivity index (χ2v) is 4.30. The monoisotopic (exact) mass is 242 g/mol. The molecule has 1 aromatic rings. The molecule has 1 rings (SSSR count). The maximum Gasteiger partial charge on any atom is 0.321 e. The van der Waals surface area contributed by atoms with Crippen LogP contribution in [-0.4, -0.2) is 31.8 Å². The smallest absolute Gasteiger partial charge is 0.321 e. The maximum atomic E-state index is 10.9. The lowest BCUT2D eigenvalue weighted by atomic mass is 9.81. The third-order valence-corrected chi connectivity index (χ3v) is 2.77. The summed E-state index contributed by atoms with van der Waals surface area (Å²) in [5, 5.41) is 23.5. The van der Waals surface area contributed by atoms with Crippen molar-refractivity contribution >= 4 is 11.7 Å². The number of carboxylic acids is 1. The normalized spacial score (nSPS) is 13.4. The van der Waals surface area contributed by atoms with Gasteiger partial charge in [0.2, 0.25) is 0 Å². The molecule has 0 saturated heterocycles. The summed E-state index contributed by atoms with van der Waals surface area (Å²) in [7, 11) is 1.51. The highest BCUT2D eigenvalue weighted by molar-refractivity contribution is 5.75. The Labute approximate surface area is 97.2 Å². The van der Waals surface area contributed by atoms with Gasteiger partial charge >= 0.3 is 11.7 Å². The summed E-state index contributed by atoms with van der Waals surface area (Å²) in [5.74, 6) is -1.22. The standard InChI is InChI=1S/C9H14N4O4/c1-9(2,6(10)8(14)15)7-5(13(16)17)4-11-12(7)3/h4,6H,10H2,1-3H3,(H,14,15). The fourth-order valence-corrected chi connectivity index (χ4v) is 1.76. The summed E-state index contributed by atoms with van der Waals surface area (Å²) in [5.41, 5.74) is 4.43. The van der Waals surface area contributed by atoms with E-state index in [-0.39, 0.29) is 11.4 Å². The Morgan fingerprint density at radius 2 is 2.24 bits per heavy atom. The van der Waals surface area contributed by atoms with Crippen molar-refractivity contribution in [1.82, 2.24) is 9.78 Å². The van der Waals surface area contributed by atoms with E-state index in [1.807, 2.05) is 0 Å². The fraction of sp³-hybridized carbons (Fsp3) is 0.556. The molecule has 1 atom stereocenters. The van der Waals surface area contributed by atoms with Crippen LogP contribution in [0.1, 0.15) is 19.5 Å². The van der Waals surface area contributed by atoms with E-state index in [0.717, 1.165) is 6.20 Å². The highest BCUT2D eigenvalue weighted by atomic mass is 16.6. The molecule has 0 bridgehead atoms. The van der Waals surface area contributed by atoms with E-state index in [1.54, 1.807) is 0 Å². The van der Waals surface area contributed by atoms with Gasteiger partial charge in [-0.15, -0.1) is 0 Å². The van der Waals surface area contributed by atoms with Crippen molar-refractivity contribution < 1.29 is 14.8 Å². The predicted molar refractivity (Wildman–Crippen MR) is 58.5 cm³/mol. The lowest BCUT2D eigenvalue weighted by Crippen LogP contribution is -2.48. The Hall–Kier alpha value is -1.96. The van der Waals surface area contributed by atoms with E-state index < -0.39 is 22.3 Å². The number of hydrogen-bond donors (Lipinski definition) is 2. The molecule has 0 aliphatic rings. The zero-order valence-electron chi connectivity index (χ0n) is 9.75. The van der Waals surface area contributed by atoms with Crippen LogP contribution in [0, 0.1) is 10.1 Å². The molecule has 0 radical (unpaired) electrons. The van der Waals surface area contributed by atoms with Crippen molar-refractivity contribution in [2.45, 2.75) is 25.3 Å². The van der Waals surface area contributed by atoms with E-state index in [4.69, 9.17) is 10.8 Å². The average molecular weight is 242 g/mol. The molecule has 1 heterocycles. The third-order valence-electron chi connectivity index (χ3n) is 2.77. The Balaban J connectivity index is 3.36. The molecule has 0 aromatic carbocycles.